The van der Waals surface area contributed by atoms with Crippen molar-refractivity contribution in [2.75, 3.05) is 6.54 Å². The number of hydrogen-bond acceptors (Lipinski definition) is 4. The minimum atomic E-state index is -0.303. The number of likely N-dealkylation sites (N-methyl/N-ethyl adjacent to an activating group) is 1. The Kier molecular flexibility index (Phi) is 5.91. The summed E-state index contributed by atoms with van der Waals surface area (Å²) in [6, 6.07) is 12.5. The first-order valence-corrected chi connectivity index (χ1v) is 9.47. The van der Waals surface area contributed by atoms with Crippen LogP contribution in [0.15, 0.2) is 47.4 Å². The van der Waals surface area contributed by atoms with Gasteiger partial charge in [0.15, 0.2) is 0 Å². The molecule has 1 fully saturated rings. The molecule has 0 saturated carbocycles. The summed E-state index contributed by atoms with van der Waals surface area (Å²) in [6.45, 7) is 2.42. The Morgan fingerprint density at radius 2 is 1.88 bits per heavy atom. The lowest BCUT2D eigenvalue weighted by molar-refractivity contribution is -0.122. The van der Waals surface area contributed by atoms with Gasteiger partial charge in [-0.05, 0) is 60.7 Å². The standard InChI is InChI=1S/C19H15Cl2NO3S/c1-2-22-18(23)17(26-19(22)24)10-13-9-15(21)6-7-16(13)25-11-12-4-3-5-14(20)8-12/h3-10H,2,11H2,1H3/b17-10+. The summed E-state index contributed by atoms with van der Waals surface area (Å²) >= 11 is 13.0. The molecule has 0 atom stereocenters. The number of carbonyl (C=O) groups is 2. The molecule has 0 aliphatic carbocycles. The van der Waals surface area contributed by atoms with Crippen molar-refractivity contribution in [3.05, 3.63) is 68.5 Å². The van der Waals surface area contributed by atoms with Crippen LogP contribution in [0.2, 0.25) is 10.0 Å². The van der Waals surface area contributed by atoms with Crippen LogP contribution in [-0.4, -0.2) is 22.6 Å². The molecule has 1 heterocycles. The van der Waals surface area contributed by atoms with E-state index in [0.717, 1.165) is 17.3 Å². The van der Waals surface area contributed by atoms with Crippen LogP contribution in [0.4, 0.5) is 4.79 Å². The van der Waals surface area contributed by atoms with E-state index in [2.05, 4.69) is 0 Å². The quantitative estimate of drug-likeness (QED) is 0.602. The van der Waals surface area contributed by atoms with E-state index in [4.69, 9.17) is 27.9 Å². The minimum absolute atomic E-state index is 0.271. The van der Waals surface area contributed by atoms with Gasteiger partial charge >= 0.3 is 0 Å². The van der Waals surface area contributed by atoms with Gasteiger partial charge in [0.2, 0.25) is 0 Å². The largest absolute Gasteiger partial charge is 0.488 e. The second-order valence-electron chi connectivity index (χ2n) is 5.53. The van der Waals surface area contributed by atoms with Gasteiger partial charge in [0.1, 0.15) is 12.4 Å². The molecular weight excluding hydrogens is 393 g/mol. The number of hydrogen-bond donors (Lipinski definition) is 0. The van der Waals surface area contributed by atoms with Gasteiger partial charge in [0, 0.05) is 22.2 Å². The molecule has 0 bridgehead atoms. The Bertz CT molecular complexity index is 898. The second-order valence-corrected chi connectivity index (χ2v) is 7.39. The van der Waals surface area contributed by atoms with E-state index in [9.17, 15) is 9.59 Å². The first-order valence-electron chi connectivity index (χ1n) is 7.90. The third-order valence-corrected chi connectivity index (χ3v) is 5.11. The number of carbonyl (C=O) groups excluding carboxylic acids is 2. The number of rotatable bonds is 5. The molecule has 4 nitrogen and oxygen atoms in total. The smallest absolute Gasteiger partial charge is 0.293 e. The predicted octanol–water partition coefficient (Wildman–Crippen LogP) is 5.63. The fraction of sp³-hybridized carbons (Fsp3) is 0.158. The van der Waals surface area contributed by atoms with Crippen molar-refractivity contribution in [1.82, 2.24) is 4.90 Å². The number of thioether (sulfide) groups is 1. The van der Waals surface area contributed by atoms with Crippen LogP contribution in [0.1, 0.15) is 18.1 Å². The first kappa shape index (κ1) is 18.8. The fourth-order valence-electron chi connectivity index (χ4n) is 2.47. The monoisotopic (exact) mass is 407 g/mol. The van der Waals surface area contributed by atoms with Crippen LogP contribution < -0.4 is 4.74 Å². The molecular formula is C19H15Cl2NO3S. The summed E-state index contributed by atoms with van der Waals surface area (Å²) in [5.41, 5.74) is 1.56. The molecule has 3 rings (SSSR count). The zero-order chi connectivity index (χ0) is 18.7. The van der Waals surface area contributed by atoms with E-state index in [1.165, 1.54) is 4.90 Å². The van der Waals surface area contributed by atoms with Crippen molar-refractivity contribution in [3.8, 4) is 5.75 Å². The minimum Gasteiger partial charge on any atom is -0.488 e. The zero-order valence-corrected chi connectivity index (χ0v) is 16.2. The molecule has 0 spiro atoms. The molecule has 26 heavy (non-hydrogen) atoms. The summed E-state index contributed by atoms with van der Waals surface area (Å²) in [6.07, 6.45) is 1.64. The number of halogens is 2. The van der Waals surface area contributed by atoms with Crippen LogP contribution in [0, 0.1) is 0 Å². The maximum absolute atomic E-state index is 12.3. The maximum atomic E-state index is 12.3. The zero-order valence-electron chi connectivity index (χ0n) is 13.9. The summed E-state index contributed by atoms with van der Waals surface area (Å²) in [4.78, 5) is 25.7. The van der Waals surface area contributed by atoms with Crippen molar-refractivity contribution < 1.29 is 14.3 Å². The molecule has 2 amide bonds. The van der Waals surface area contributed by atoms with E-state index in [1.54, 1.807) is 37.3 Å². The van der Waals surface area contributed by atoms with Gasteiger partial charge in [0.05, 0.1) is 4.91 Å². The first-order chi connectivity index (χ1) is 12.5. The molecule has 134 valence electrons. The Morgan fingerprint density at radius 3 is 2.58 bits per heavy atom. The Hall–Kier alpha value is -1.95. The summed E-state index contributed by atoms with van der Waals surface area (Å²) < 4.78 is 5.88. The van der Waals surface area contributed by atoms with Crippen LogP contribution in [0.25, 0.3) is 6.08 Å². The van der Waals surface area contributed by atoms with Gasteiger partial charge in [0.25, 0.3) is 11.1 Å². The van der Waals surface area contributed by atoms with Gasteiger partial charge in [-0.1, -0.05) is 35.3 Å². The number of amides is 2. The normalized spacial score (nSPS) is 15.8. The highest BCUT2D eigenvalue weighted by atomic mass is 35.5. The van der Waals surface area contributed by atoms with Crippen molar-refractivity contribution in [2.45, 2.75) is 13.5 Å². The van der Waals surface area contributed by atoms with Crippen molar-refractivity contribution in [3.63, 3.8) is 0 Å². The molecule has 1 saturated heterocycles. The Morgan fingerprint density at radius 1 is 1.12 bits per heavy atom. The van der Waals surface area contributed by atoms with E-state index in [0.29, 0.717) is 39.4 Å². The lowest BCUT2D eigenvalue weighted by Crippen LogP contribution is -2.27. The third kappa shape index (κ3) is 4.23. The van der Waals surface area contributed by atoms with Crippen LogP contribution in [-0.2, 0) is 11.4 Å². The molecule has 7 heteroatoms. The molecule has 1 aliphatic heterocycles. The van der Waals surface area contributed by atoms with Gasteiger partial charge < -0.3 is 4.74 Å². The lowest BCUT2D eigenvalue weighted by atomic mass is 10.1. The Labute approximate surface area is 165 Å². The highest BCUT2D eigenvalue weighted by Gasteiger charge is 2.33. The van der Waals surface area contributed by atoms with Crippen molar-refractivity contribution in [2.24, 2.45) is 0 Å². The number of nitrogens with zero attached hydrogens (tertiary/aromatic N) is 1. The average molecular weight is 408 g/mol. The van der Waals surface area contributed by atoms with Crippen LogP contribution in [0.5, 0.6) is 5.75 Å². The molecule has 0 aromatic heterocycles. The number of benzene rings is 2. The molecule has 0 radical (unpaired) electrons. The van der Waals surface area contributed by atoms with E-state index in [-0.39, 0.29) is 11.1 Å². The van der Waals surface area contributed by atoms with E-state index >= 15 is 0 Å². The third-order valence-electron chi connectivity index (χ3n) is 3.73. The SMILES string of the molecule is CCN1C(=O)S/C(=C/c2cc(Cl)ccc2OCc2cccc(Cl)c2)C1=O. The van der Waals surface area contributed by atoms with Crippen molar-refractivity contribution >= 4 is 52.2 Å². The van der Waals surface area contributed by atoms with Crippen LogP contribution >= 0.6 is 35.0 Å². The molecule has 2 aromatic rings. The lowest BCUT2D eigenvalue weighted by Gasteiger charge is -2.11. The summed E-state index contributed by atoms with van der Waals surface area (Å²) in [5, 5.41) is 0.879. The van der Waals surface area contributed by atoms with Gasteiger partial charge in [-0.2, -0.15) is 0 Å². The van der Waals surface area contributed by atoms with E-state index in [1.807, 2.05) is 18.2 Å². The summed E-state index contributed by atoms with van der Waals surface area (Å²) in [7, 11) is 0. The maximum Gasteiger partial charge on any atom is 0.293 e. The topological polar surface area (TPSA) is 46.6 Å². The second kappa shape index (κ2) is 8.16. The molecule has 0 N–H and O–H groups in total. The van der Waals surface area contributed by atoms with E-state index < -0.39 is 0 Å². The molecule has 2 aromatic carbocycles. The molecule has 0 unspecified atom stereocenters. The van der Waals surface area contributed by atoms with Gasteiger partial charge in [-0.25, -0.2) is 0 Å². The number of imide groups is 1. The fourth-order valence-corrected chi connectivity index (χ4v) is 3.75. The highest BCUT2D eigenvalue weighted by Crippen LogP contribution is 2.34. The number of ether oxygens (including phenoxy) is 1. The predicted molar refractivity (Wildman–Crippen MR) is 106 cm³/mol. The summed E-state index contributed by atoms with van der Waals surface area (Å²) in [5.74, 6) is 0.265. The highest BCUT2D eigenvalue weighted by molar-refractivity contribution is 8.18. The average Bonchev–Trinajstić information content (AvgIpc) is 2.87. The molecule has 1 aliphatic rings. The Balaban J connectivity index is 1.86. The van der Waals surface area contributed by atoms with Gasteiger partial charge in [-0.15, -0.1) is 0 Å². The van der Waals surface area contributed by atoms with Crippen LogP contribution in [0.3, 0.4) is 0 Å². The van der Waals surface area contributed by atoms with Gasteiger partial charge in [-0.3, -0.25) is 14.5 Å². The van der Waals surface area contributed by atoms with Crippen molar-refractivity contribution in [1.29, 1.82) is 0 Å².